The number of benzene rings is 1. The lowest BCUT2D eigenvalue weighted by Gasteiger charge is -2.05. The van der Waals surface area contributed by atoms with Gasteiger partial charge in [-0.2, -0.15) is 0 Å². The van der Waals surface area contributed by atoms with Gasteiger partial charge in [-0.3, -0.25) is 0 Å². The van der Waals surface area contributed by atoms with Gasteiger partial charge >= 0.3 is 0 Å². The van der Waals surface area contributed by atoms with Crippen molar-refractivity contribution in [2.45, 2.75) is 6.92 Å². The molecule has 0 unspecified atom stereocenters. The number of pyridine rings is 1. The van der Waals surface area contributed by atoms with Gasteiger partial charge in [-0.15, -0.1) is 0 Å². The Morgan fingerprint density at radius 3 is 2.72 bits per heavy atom. The highest BCUT2D eigenvalue weighted by molar-refractivity contribution is 5.84. The Balaban J connectivity index is 2.24. The largest absolute Gasteiger partial charge is 0.384 e. The van der Waals surface area contributed by atoms with Gasteiger partial charge in [0.05, 0.1) is 5.52 Å². The predicted octanol–water partition coefficient (Wildman–Crippen LogP) is 2.58. The summed E-state index contributed by atoms with van der Waals surface area (Å²) in [5.41, 5.74) is 8.51. The van der Waals surface area contributed by atoms with Crippen LogP contribution in [-0.4, -0.2) is 15.0 Å². The molecule has 4 nitrogen and oxygen atoms in total. The number of anilines is 1. The van der Waals surface area contributed by atoms with Crippen LogP contribution in [0, 0.1) is 6.92 Å². The lowest BCUT2D eigenvalue weighted by molar-refractivity contribution is 1.15. The first-order valence-electron chi connectivity index (χ1n) is 5.69. The second-order valence-corrected chi connectivity index (χ2v) is 4.15. The van der Waals surface area contributed by atoms with E-state index >= 15 is 0 Å². The molecule has 3 aromatic rings. The molecule has 2 aromatic heterocycles. The van der Waals surface area contributed by atoms with Crippen LogP contribution in [0.3, 0.4) is 0 Å². The minimum absolute atomic E-state index is 0.451. The molecule has 0 aliphatic rings. The van der Waals surface area contributed by atoms with Gasteiger partial charge in [0.2, 0.25) is 0 Å². The number of para-hydroxylation sites is 1. The fraction of sp³-hybridized carbons (Fsp3) is 0.0714. The van der Waals surface area contributed by atoms with Crippen LogP contribution in [-0.2, 0) is 0 Å². The van der Waals surface area contributed by atoms with Crippen molar-refractivity contribution >= 4 is 16.7 Å². The van der Waals surface area contributed by atoms with E-state index in [1.165, 1.54) is 0 Å². The summed E-state index contributed by atoms with van der Waals surface area (Å²) in [6.45, 7) is 2.06. The summed E-state index contributed by atoms with van der Waals surface area (Å²) < 4.78 is 0. The number of nitrogens with zero attached hydrogens (tertiary/aromatic N) is 3. The first-order chi connectivity index (χ1) is 8.74. The predicted molar refractivity (Wildman–Crippen MR) is 71.9 cm³/mol. The minimum Gasteiger partial charge on any atom is -0.384 e. The Hall–Kier alpha value is -2.49. The monoisotopic (exact) mass is 236 g/mol. The molecule has 2 heterocycles. The third kappa shape index (κ3) is 1.78. The van der Waals surface area contributed by atoms with Crippen LogP contribution in [0.5, 0.6) is 0 Å². The molecule has 3 rings (SSSR count). The summed E-state index contributed by atoms with van der Waals surface area (Å²) in [6.07, 6.45) is 1.64. The fourth-order valence-corrected chi connectivity index (χ4v) is 1.96. The van der Waals surface area contributed by atoms with Crippen molar-refractivity contribution in [3.05, 3.63) is 48.2 Å². The Kier molecular flexibility index (Phi) is 2.41. The smallest absolute Gasteiger partial charge is 0.180 e. The third-order valence-corrected chi connectivity index (χ3v) is 2.83. The normalized spacial score (nSPS) is 10.7. The lowest BCUT2D eigenvalue weighted by atomic mass is 10.1. The molecule has 0 amide bonds. The van der Waals surface area contributed by atoms with Gasteiger partial charge in [0, 0.05) is 11.6 Å². The molecule has 0 atom stereocenters. The van der Waals surface area contributed by atoms with Gasteiger partial charge in [0.15, 0.2) is 5.82 Å². The standard InChI is InChI=1S/C14H12N4/c1-9-8-12(14-16-7-6-13(15)18-14)17-11-5-3-2-4-10(9)11/h2-8H,1H3,(H2,15,16,18). The number of rotatable bonds is 1. The Bertz CT molecular complexity index is 722. The van der Waals surface area contributed by atoms with Crippen LogP contribution in [0.4, 0.5) is 5.82 Å². The molecule has 1 aromatic carbocycles. The van der Waals surface area contributed by atoms with E-state index < -0.39 is 0 Å². The molecule has 0 spiro atoms. The second kappa shape index (κ2) is 4.07. The van der Waals surface area contributed by atoms with Crippen molar-refractivity contribution in [1.29, 1.82) is 0 Å². The van der Waals surface area contributed by atoms with Crippen LogP contribution in [0.2, 0.25) is 0 Å². The Labute approximate surface area is 105 Å². The van der Waals surface area contributed by atoms with Crippen molar-refractivity contribution in [3.8, 4) is 11.5 Å². The molecule has 0 bridgehead atoms. The van der Waals surface area contributed by atoms with Crippen molar-refractivity contribution in [3.63, 3.8) is 0 Å². The molecule has 0 saturated heterocycles. The summed E-state index contributed by atoms with van der Waals surface area (Å²) in [5, 5.41) is 1.14. The maximum absolute atomic E-state index is 5.67. The molecule has 0 fully saturated rings. The van der Waals surface area contributed by atoms with E-state index in [2.05, 4.69) is 27.9 Å². The van der Waals surface area contributed by atoms with Crippen LogP contribution in [0.25, 0.3) is 22.4 Å². The highest BCUT2D eigenvalue weighted by atomic mass is 15.0. The van der Waals surface area contributed by atoms with E-state index in [0.29, 0.717) is 11.6 Å². The first kappa shape index (κ1) is 10.7. The average molecular weight is 236 g/mol. The number of fused-ring (bicyclic) bond motifs is 1. The number of hydrogen-bond donors (Lipinski definition) is 1. The van der Waals surface area contributed by atoms with Crippen molar-refractivity contribution in [2.75, 3.05) is 5.73 Å². The van der Waals surface area contributed by atoms with E-state index in [1.807, 2.05) is 24.3 Å². The molecule has 18 heavy (non-hydrogen) atoms. The summed E-state index contributed by atoms with van der Waals surface area (Å²) in [6, 6.07) is 11.7. The maximum atomic E-state index is 5.67. The number of nitrogens with two attached hydrogens (primary N) is 1. The molecule has 0 aliphatic carbocycles. The molecule has 0 radical (unpaired) electrons. The third-order valence-electron chi connectivity index (χ3n) is 2.83. The highest BCUT2D eigenvalue weighted by Gasteiger charge is 2.07. The zero-order valence-corrected chi connectivity index (χ0v) is 9.96. The zero-order chi connectivity index (χ0) is 12.5. The Morgan fingerprint density at radius 1 is 1.06 bits per heavy atom. The van der Waals surface area contributed by atoms with Gasteiger partial charge in [0.1, 0.15) is 11.5 Å². The van der Waals surface area contributed by atoms with E-state index in [0.717, 1.165) is 22.2 Å². The van der Waals surface area contributed by atoms with Crippen LogP contribution in [0.15, 0.2) is 42.6 Å². The molecule has 4 heteroatoms. The minimum atomic E-state index is 0.451. The van der Waals surface area contributed by atoms with E-state index in [-0.39, 0.29) is 0 Å². The van der Waals surface area contributed by atoms with Crippen LogP contribution < -0.4 is 5.73 Å². The SMILES string of the molecule is Cc1cc(-c2nccc(N)n2)nc2ccccc12. The summed E-state index contributed by atoms with van der Waals surface area (Å²) in [5.74, 6) is 1.01. The topological polar surface area (TPSA) is 64.7 Å². The first-order valence-corrected chi connectivity index (χ1v) is 5.69. The van der Waals surface area contributed by atoms with Crippen molar-refractivity contribution in [1.82, 2.24) is 15.0 Å². The quantitative estimate of drug-likeness (QED) is 0.705. The van der Waals surface area contributed by atoms with Gasteiger partial charge in [0.25, 0.3) is 0 Å². The van der Waals surface area contributed by atoms with Gasteiger partial charge in [-0.1, -0.05) is 18.2 Å². The van der Waals surface area contributed by atoms with Crippen molar-refractivity contribution in [2.24, 2.45) is 0 Å². The fourth-order valence-electron chi connectivity index (χ4n) is 1.96. The number of hydrogen-bond acceptors (Lipinski definition) is 4. The summed E-state index contributed by atoms with van der Waals surface area (Å²) >= 11 is 0. The van der Waals surface area contributed by atoms with Crippen LogP contribution >= 0.6 is 0 Å². The Morgan fingerprint density at radius 2 is 1.89 bits per heavy atom. The number of aryl methyl sites for hydroxylation is 1. The molecule has 0 aliphatic heterocycles. The lowest BCUT2D eigenvalue weighted by Crippen LogP contribution is -1.97. The van der Waals surface area contributed by atoms with Crippen LogP contribution in [0.1, 0.15) is 5.56 Å². The van der Waals surface area contributed by atoms with Gasteiger partial charge in [-0.05, 0) is 30.7 Å². The van der Waals surface area contributed by atoms with Gasteiger partial charge in [-0.25, -0.2) is 15.0 Å². The molecular weight excluding hydrogens is 224 g/mol. The summed E-state index contributed by atoms with van der Waals surface area (Å²) in [7, 11) is 0. The summed E-state index contributed by atoms with van der Waals surface area (Å²) in [4.78, 5) is 13.0. The number of nitrogen functional groups attached to an aromatic ring is 1. The van der Waals surface area contributed by atoms with E-state index in [9.17, 15) is 0 Å². The zero-order valence-electron chi connectivity index (χ0n) is 9.96. The highest BCUT2D eigenvalue weighted by Crippen LogP contribution is 2.22. The maximum Gasteiger partial charge on any atom is 0.180 e. The second-order valence-electron chi connectivity index (χ2n) is 4.15. The molecular formula is C14H12N4. The average Bonchev–Trinajstić information content (AvgIpc) is 2.39. The molecule has 2 N–H and O–H groups in total. The number of aromatic nitrogens is 3. The molecule has 88 valence electrons. The van der Waals surface area contributed by atoms with Crippen molar-refractivity contribution < 1.29 is 0 Å². The molecule has 0 saturated carbocycles. The van der Waals surface area contributed by atoms with E-state index in [4.69, 9.17) is 5.73 Å². The van der Waals surface area contributed by atoms with E-state index in [1.54, 1.807) is 12.3 Å². The van der Waals surface area contributed by atoms with Gasteiger partial charge < -0.3 is 5.73 Å².